The molecular weight excluding hydrogens is 226 g/mol. The van der Waals surface area contributed by atoms with Gasteiger partial charge >= 0.3 is 0 Å². The van der Waals surface area contributed by atoms with Gasteiger partial charge < -0.3 is 10.0 Å². The van der Waals surface area contributed by atoms with E-state index in [4.69, 9.17) is 0 Å². The zero-order valence-electron chi connectivity index (χ0n) is 11.8. The average molecular weight is 253 g/mol. The summed E-state index contributed by atoms with van der Waals surface area (Å²) in [6, 6.07) is 0.405. The van der Waals surface area contributed by atoms with E-state index in [1.54, 1.807) is 0 Å². The third kappa shape index (κ3) is 2.71. The van der Waals surface area contributed by atoms with E-state index in [1.807, 2.05) is 4.90 Å². The first-order valence-corrected chi connectivity index (χ1v) is 7.47. The maximum atomic E-state index is 12.8. The van der Waals surface area contributed by atoms with Crippen LogP contribution in [0.2, 0.25) is 0 Å². The predicted molar refractivity (Wildman–Crippen MR) is 72.2 cm³/mol. The van der Waals surface area contributed by atoms with Crippen LogP contribution in [0.3, 0.4) is 0 Å². The van der Waals surface area contributed by atoms with Crippen molar-refractivity contribution in [3.8, 4) is 0 Å². The number of carbonyl (C=O) groups excluding carboxylic acids is 1. The van der Waals surface area contributed by atoms with Crippen LogP contribution >= 0.6 is 0 Å². The van der Waals surface area contributed by atoms with Gasteiger partial charge in [0.1, 0.15) is 0 Å². The van der Waals surface area contributed by atoms with Gasteiger partial charge in [-0.3, -0.25) is 4.79 Å². The SMILES string of the molecule is CC1(C)CCCCC1C(=O)N(CCO)C1CCC1. The Balaban J connectivity index is 2.06. The van der Waals surface area contributed by atoms with Gasteiger partial charge in [-0.15, -0.1) is 0 Å². The molecule has 2 aliphatic carbocycles. The highest BCUT2D eigenvalue weighted by molar-refractivity contribution is 5.80. The molecule has 2 rings (SSSR count). The van der Waals surface area contributed by atoms with Crippen LogP contribution < -0.4 is 0 Å². The Labute approximate surface area is 111 Å². The van der Waals surface area contributed by atoms with Crippen molar-refractivity contribution in [2.24, 2.45) is 11.3 Å². The molecule has 0 saturated heterocycles. The van der Waals surface area contributed by atoms with Crippen LogP contribution in [0.4, 0.5) is 0 Å². The number of hydrogen-bond acceptors (Lipinski definition) is 2. The summed E-state index contributed by atoms with van der Waals surface area (Å²) < 4.78 is 0. The molecule has 1 unspecified atom stereocenters. The number of carbonyl (C=O) groups is 1. The number of rotatable bonds is 4. The van der Waals surface area contributed by atoms with Crippen LogP contribution in [-0.4, -0.2) is 35.1 Å². The van der Waals surface area contributed by atoms with Crippen molar-refractivity contribution >= 4 is 5.91 Å². The lowest BCUT2D eigenvalue weighted by atomic mass is 9.68. The lowest BCUT2D eigenvalue weighted by Crippen LogP contribution is -2.51. The molecule has 0 aromatic carbocycles. The maximum Gasteiger partial charge on any atom is 0.226 e. The molecule has 0 bridgehead atoms. The molecule has 1 N–H and O–H groups in total. The van der Waals surface area contributed by atoms with Crippen LogP contribution in [0.15, 0.2) is 0 Å². The summed E-state index contributed by atoms with van der Waals surface area (Å²) in [6.07, 6.45) is 8.09. The zero-order chi connectivity index (χ0) is 13.2. The molecule has 2 aliphatic rings. The van der Waals surface area contributed by atoms with Gasteiger partial charge in [-0.1, -0.05) is 26.7 Å². The molecule has 104 valence electrons. The van der Waals surface area contributed by atoms with Crippen molar-refractivity contribution in [1.82, 2.24) is 4.90 Å². The molecular formula is C15H27NO2. The summed E-state index contributed by atoms with van der Waals surface area (Å²) in [5, 5.41) is 9.19. The van der Waals surface area contributed by atoms with E-state index >= 15 is 0 Å². The Kier molecular flexibility index (Phi) is 4.31. The van der Waals surface area contributed by atoms with Gasteiger partial charge in [-0.25, -0.2) is 0 Å². The Morgan fingerprint density at radius 3 is 2.44 bits per heavy atom. The Bertz CT molecular complexity index is 297. The van der Waals surface area contributed by atoms with Gasteiger partial charge in [0.2, 0.25) is 5.91 Å². The Morgan fingerprint density at radius 2 is 1.94 bits per heavy atom. The van der Waals surface area contributed by atoms with Crippen LogP contribution in [-0.2, 0) is 4.79 Å². The Hall–Kier alpha value is -0.570. The summed E-state index contributed by atoms with van der Waals surface area (Å²) in [4.78, 5) is 14.7. The molecule has 1 atom stereocenters. The average Bonchev–Trinajstić information content (AvgIpc) is 2.24. The van der Waals surface area contributed by atoms with E-state index in [-0.39, 0.29) is 17.9 Å². The summed E-state index contributed by atoms with van der Waals surface area (Å²) in [5.41, 5.74) is 0.132. The molecule has 0 spiro atoms. The van der Waals surface area contributed by atoms with E-state index in [9.17, 15) is 9.90 Å². The van der Waals surface area contributed by atoms with Crippen molar-refractivity contribution in [2.45, 2.75) is 64.8 Å². The molecule has 3 nitrogen and oxygen atoms in total. The largest absolute Gasteiger partial charge is 0.395 e. The van der Waals surface area contributed by atoms with Crippen LogP contribution in [0.5, 0.6) is 0 Å². The van der Waals surface area contributed by atoms with E-state index in [0.717, 1.165) is 25.7 Å². The normalized spacial score (nSPS) is 27.6. The van der Waals surface area contributed by atoms with Crippen molar-refractivity contribution < 1.29 is 9.90 Å². The van der Waals surface area contributed by atoms with E-state index in [1.165, 1.54) is 19.3 Å². The van der Waals surface area contributed by atoms with Crippen LogP contribution in [0.1, 0.15) is 58.8 Å². The fourth-order valence-corrected chi connectivity index (χ4v) is 3.43. The summed E-state index contributed by atoms with van der Waals surface area (Å²) in [6.45, 7) is 5.07. The number of amides is 1. The topological polar surface area (TPSA) is 40.5 Å². The molecule has 18 heavy (non-hydrogen) atoms. The van der Waals surface area contributed by atoms with Crippen molar-refractivity contribution in [3.63, 3.8) is 0 Å². The van der Waals surface area contributed by atoms with E-state index < -0.39 is 0 Å². The van der Waals surface area contributed by atoms with E-state index in [0.29, 0.717) is 18.5 Å². The van der Waals surface area contributed by atoms with Gasteiger partial charge in [0.05, 0.1) is 6.61 Å². The lowest BCUT2D eigenvalue weighted by molar-refractivity contribution is -0.146. The van der Waals surface area contributed by atoms with Gasteiger partial charge in [-0.2, -0.15) is 0 Å². The summed E-state index contributed by atoms with van der Waals surface area (Å²) in [7, 11) is 0. The minimum absolute atomic E-state index is 0.0926. The highest BCUT2D eigenvalue weighted by Crippen LogP contribution is 2.42. The minimum Gasteiger partial charge on any atom is -0.395 e. The molecule has 0 aliphatic heterocycles. The number of aliphatic hydroxyl groups is 1. The first-order chi connectivity index (χ1) is 8.56. The fraction of sp³-hybridized carbons (Fsp3) is 0.933. The monoisotopic (exact) mass is 253 g/mol. The summed E-state index contributed by atoms with van der Waals surface area (Å²) in [5.74, 6) is 0.469. The van der Waals surface area contributed by atoms with E-state index in [2.05, 4.69) is 13.8 Å². The molecule has 1 amide bonds. The summed E-state index contributed by atoms with van der Waals surface area (Å²) >= 11 is 0. The number of nitrogens with zero attached hydrogens (tertiary/aromatic N) is 1. The third-order valence-corrected chi connectivity index (χ3v) is 4.94. The molecule has 0 aromatic rings. The highest BCUT2D eigenvalue weighted by atomic mass is 16.3. The van der Waals surface area contributed by atoms with Gasteiger partial charge in [0, 0.05) is 18.5 Å². The molecule has 0 aromatic heterocycles. The predicted octanol–water partition coefficient (Wildman–Crippen LogP) is 2.58. The third-order valence-electron chi connectivity index (χ3n) is 4.94. The second-order valence-electron chi connectivity index (χ2n) is 6.63. The molecule has 0 heterocycles. The zero-order valence-corrected chi connectivity index (χ0v) is 11.8. The minimum atomic E-state index is 0.0926. The number of hydrogen-bond donors (Lipinski definition) is 1. The standard InChI is InChI=1S/C15H27NO2/c1-15(2)9-4-3-8-13(15)14(18)16(10-11-17)12-6-5-7-12/h12-13,17H,3-11H2,1-2H3. The quantitative estimate of drug-likeness (QED) is 0.836. The second-order valence-corrected chi connectivity index (χ2v) is 6.63. The maximum absolute atomic E-state index is 12.8. The van der Waals surface area contributed by atoms with Crippen molar-refractivity contribution in [1.29, 1.82) is 0 Å². The smallest absolute Gasteiger partial charge is 0.226 e. The first-order valence-electron chi connectivity index (χ1n) is 7.47. The lowest BCUT2D eigenvalue weighted by Gasteiger charge is -2.44. The van der Waals surface area contributed by atoms with Gasteiger partial charge in [-0.05, 0) is 37.5 Å². The Morgan fingerprint density at radius 1 is 1.22 bits per heavy atom. The number of aliphatic hydroxyl groups excluding tert-OH is 1. The first kappa shape index (κ1) is 13.9. The fourth-order valence-electron chi connectivity index (χ4n) is 3.43. The molecule has 3 heteroatoms. The van der Waals surface area contributed by atoms with Crippen molar-refractivity contribution in [2.75, 3.05) is 13.2 Å². The van der Waals surface area contributed by atoms with Crippen LogP contribution in [0.25, 0.3) is 0 Å². The van der Waals surface area contributed by atoms with Gasteiger partial charge in [0.15, 0.2) is 0 Å². The van der Waals surface area contributed by atoms with Crippen LogP contribution in [0, 0.1) is 11.3 Å². The molecule has 2 fully saturated rings. The highest BCUT2D eigenvalue weighted by Gasteiger charge is 2.41. The second kappa shape index (κ2) is 5.60. The molecule has 0 radical (unpaired) electrons. The van der Waals surface area contributed by atoms with Crippen molar-refractivity contribution in [3.05, 3.63) is 0 Å². The van der Waals surface area contributed by atoms with Gasteiger partial charge in [0.25, 0.3) is 0 Å². The molecule has 2 saturated carbocycles.